The average Bonchev–Trinajstić information content (AvgIpc) is 2.48. The van der Waals surface area contributed by atoms with Gasteiger partial charge in [0.25, 0.3) is 5.91 Å². The molecular weight excluding hydrogens is 367 g/mol. The van der Waals surface area contributed by atoms with Gasteiger partial charge in [0.1, 0.15) is 6.04 Å². The highest BCUT2D eigenvalue weighted by Gasteiger charge is 2.16. The number of carbonyl (C=O) groups excluding carboxylic acids is 1. The van der Waals surface area contributed by atoms with Gasteiger partial charge in [0.15, 0.2) is 6.54 Å². The van der Waals surface area contributed by atoms with Crippen molar-refractivity contribution in [2.45, 2.75) is 26.8 Å². The Morgan fingerprint density at radius 2 is 1.83 bits per heavy atom. The van der Waals surface area contributed by atoms with Crippen molar-refractivity contribution in [3.63, 3.8) is 0 Å². The second kappa shape index (κ2) is 8.21. The molecule has 1 amide bonds. The van der Waals surface area contributed by atoms with Crippen LogP contribution in [0.3, 0.4) is 0 Å². The zero-order valence-corrected chi connectivity index (χ0v) is 16.1. The molecule has 3 N–H and O–H groups in total. The maximum Gasteiger partial charge on any atom is 0.279 e. The Hall–Kier alpha value is -1.26. The van der Waals surface area contributed by atoms with Gasteiger partial charge in [0, 0.05) is 10.6 Å². The second-order valence-corrected chi connectivity index (χ2v) is 7.13. The quantitative estimate of drug-likeness (QED) is 0.779. The fourth-order valence-corrected chi connectivity index (χ4v) is 3.50. The van der Waals surface area contributed by atoms with Gasteiger partial charge in [-0.1, -0.05) is 46.9 Å². The molecule has 128 valence electrons. The smallest absolute Gasteiger partial charge is 0.279 e. The largest absolute Gasteiger partial charge is 0.332 e. The number of nitrogens with one attached hydrogen (secondary N) is 1. The summed E-state index contributed by atoms with van der Waals surface area (Å²) in [6.45, 7) is 6.15. The zero-order valence-electron chi connectivity index (χ0n) is 13.8. The van der Waals surface area contributed by atoms with Crippen molar-refractivity contribution in [1.29, 1.82) is 0 Å². The molecule has 0 aliphatic heterocycles. The van der Waals surface area contributed by atoms with E-state index < -0.39 is 0 Å². The van der Waals surface area contributed by atoms with Gasteiger partial charge in [-0.25, -0.2) is 0 Å². The lowest BCUT2D eigenvalue weighted by Gasteiger charge is -2.14. The van der Waals surface area contributed by atoms with E-state index in [1.165, 1.54) is 0 Å². The summed E-state index contributed by atoms with van der Waals surface area (Å²) >= 11 is 18.3. The number of hydrogen-bond donors (Lipinski definition) is 2. The highest BCUT2D eigenvalue weighted by atomic mass is 35.5. The summed E-state index contributed by atoms with van der Waals surface area (Å²) in [5.74, 6) is -0.110. The van der Waals surface area contributed by atoms with Gasteiger partial charge < -0.3 is 10.6 Å². The Morgan fingerprint density at radius 3 is 2.46 bits per heavy atom. The molecule has 0 unspecified atom stereocenters. The topological polar surface area (TPSA) is 45.7 Å². The molecule has 0 saturated carbocycles. The Balaban J connectivity index is 1.98. The lowest BCUT2D eigenvalue weighted by Crippen LogP contribution is -2.86. The molecular formula is C18H20Cl3N2O+. The molecule has 3 nitrogen and oxygen atoms in total. The molecule has 24 heavy (non-hydrogen) atoms. The molecule has 0 aliphatic carbocycles. The predicted octanol–water partition coefficient (Wildman–Crippen LogP) is 4.53. The van der Waals surface area contributed by atoms with Crippen LogP contribution in [0.2, 0.25) is 15.1 Å². The standard InChI is InChI=1S/C18H19Cl3N2O/c1-10-6-11(2)18(16(21)7-10)23-17(24)9-22-12(3)14-5-4-13(19)8-15(14)20/h4-8,12,22H,9H2,1-3H3,(H,23,24)/p+1/t12-/m1/s1. The molecule has 0 heterocycles. The molecule has 0 spiro atoms. The number of amides is 1. The maximum atomic E-state index is 12.2. The van der Waals surface area contributed by atoms with Gasteiger partial charge in [-0.15, -0.1) is 0 Å². The van der Waals surface area contributed by atoms with Crippen molar-refractivity contribution in [2.24, 2.45) is 0 Å². The summed E-state index contributed by atoms with van der Waals surface area (Å²) in [6, 6.07) is 9.24. The first-order valence-corrected chi connectivity index (χ1v) is 8.76. The average molecular weight is 387 g/mol. The Morgan fingerprint density at radius 1 is 1.12 bits per heavy atom. The van der Waals surface area contributed by atoms with Gasteiger partial charge in [-0.2, -0.15) is 0 Å². The summed E-state index contributed by atoms with van der Waals surface area (Å²) < 4.78 is 0. The van der Waals surface area contributed by atoms with Gasteiger partial charge >= 0.3 is 0 Å². The molecule has 2 aromatic carbocycles. The van der Waals surface area contributed by atoms with Gasteiger partial charge in [-0.05, 0) is 50.1 Å². The highest BCUT2D eigenvalue weighted by molar-refractivity contribution is 6.35. The number of hydrogen-bond acceptors (Lipinski definition) is 1. The van der Waals surface area contributed by atoms with Crippen LogP contribution >= 0.6 is 34.8 Å². The van der Waals surface area contributed by atoms with Crippen LogP contribution in [0.25, 0.3) is 0 Å². The minimum absolute atomic E-state index is 0.0371. The molecule has 2 rings (SSSR count). The Bertz CT molecular complexity index is 739. The Labute approximate surface area is 157 Å². The minimum Gasteiger partial charge on any atom is -0.332 e. The van der Waals surface area contributed by atoms with E-state index in [-0.39, 0.29) is 18.5 Å². The first-order valence-electron chi connectivity index (χ1n) is 7.62. The van der Waals surface area contributed by atoms with Crippen molar-refractivity contribution in [3.05, 3.63) is 62.1 Å². The molecule has 1 atom stereocenters. The molecule has 0 fully saturated rings. The zero-order chi connectivity index (χ0) is 17.9. The third-order valence-corrected chi connectivity index (χ3v) is 4.67. The van der Waals surface area contributed by atoms with Crippen molar-refractivity contribution in [2.75, 3.05) is 11.9 Å². The molecule has 0 bridgehead atoms. The lowest BCUT2D eigenvalue weighted by molar-refractivity contribution is -0.682. The van der Waals surface area contributed by atoms with E-state index in [0.29, 0.717) is 20.8 Å². The van der Waals surface area contributed by atoms with Gasteiger partial charge in [-0.3, -0.25) is 4.79 Å². The van der Waals surface area contributed by atoms with E-state index >= 15 is 0 Å². The Kier molecular flexibility index (Phi) is 6.53. The van der Waals surface area contributed by atoms with Crippen molar-refractivity contribution in [3.8, 4) is 0 Å². The molecule has 0 aliphatic rings. The van der Waals surface area contributed by atoms with E-state index in [1.54, 1.807) is 12.1 Å². The number of anilines is 1. The summed E-state index contributed by atoms with van der Waals surface area (Å²) in [6.07, 6.45) is 0. The summed E-state index contributed by atoms with van der Waals surface area (Å²) in [5.41, 5.74) is 3.62. The van der Waals surface area contributed by atoms with E-state index in [2.05, 4.69) is 5.32 Å². The van der Waals surface area contributed by atoms with Crippen LogP contribution in [0.4, 0.5) is 5.69 Å². The number of carbonyl (C=O) groups is 1. The van der Waals surface area contributed by atoms with Crippen molar-refractivity contribution in [1.82, 2.24) is 0 Å². The number of halogens is 3. The fraction of sp³-hybridized carbons (Fsp3) is 0.278. The first kappa shape index (κ1) is 19.1. The van der Waals surface area contributed by atoms with Crippen LogP contribution < -0.4 is 10.6 Å². The van der Waals surface area contributed by atoms with Gasteiger partial charge in [0.2, 0.25) is 0 Å². The van der Waals surface area contributed by atoms with Crippen molar-refractivity contribution < 1.29 is 10.1 Å². The molecule has 0 radical (unpaired) electrons. The third-order valence-electron chi connectivity index (χ3n) is 3.81. The predicted molar refractivity (Wildman–Crippen MR) is 101 cm³/mol. The monoisotopic (exact) mass is 385 g/mol. The summed E-state index contributed by atoms with van der Waals surface area (Å²) in [5, 5.41) is 6.55. The van der Waals surface area contributed by atoms with Gasteiger partial charge in [0.05, 0.1) is 15.7 Å². The summed E-state index contributed by atoms with van der Waals surface area (Å²) in [4.78, 5) is 12.2. The van der Waals surface area contributed by atoms with Crippen LogP contribution in [-0.4, -0.2) is 12.5 Å². The first-order chi connectivity index (χ1) is 11.3. The molecule has 2 aromatic rings. The van der Waals surface area contributed by atoms with Crippen LogP contribution in [0.5, 0.6) is 0 Å². The second-order valence-electron chi connectivity index (χ2n) is 5.88. The number of rotatable bonds is 5. The summed E-state index contributed by atoms with van der Waals surface area (Å²) in [7, 11) is 0. The lowest BCUT2D eigenvalue weighted by atomic mass is 10.1. The molecule has 6 heteroatoms. The van der Waals surface area contributed by atoms with Crippen LogP contribution in [0, 0.1) is 13.8 Å². The number of benzene rings is 2. The van der Waals surface area contributed by atoms with Crippen LogP contribution in [0.15, 0.2) is 30.3 Å². The van der Waals surface area contributed by atoms with E-state index in [1.807, 2.05) is 44.3 Å². The SMILES string of the molecule is Cc1cc(C)c(NC(=O)C[NH2+][C@H](C)c2ccc(Cl)cc2Cl)c(Cl)c1. The highest BCUT2D eigenvalue weighted by Crippen LogP contribution is 2.27. The van der Waals surface area contributed by atoms with E-state index in [0.717, 1.165) is 16.7 Å². The van der Waals surface area contributed by atoms with Crippen molar-refractivity contribution >= 4 is 46.4 Å². The van der Waals surface area contributed by atoms with E-state index in [4.69, 9.17) is 34.8 Å². The minimum atomic E-state index is -0.110. The third kappa shape index (κ3) is 4.87. The number of aryl methyl sites for hydroxylation is 2. The number of nitrogens with two attached hydrogens (primary N) is 1. The fourth-order valence-electron chi connectivity index (χ4n) is 2.55. The maximum absolute atomic E-state index is 12.2. The molecule has 0 aromatic heterocycles. The van der Waals surface area contributed by atoms with Crippen LogP contribution in [0.1, 0.15) is 29.7 Å². The van der Waals surface area contributed by atoms with E-state index in [9.17, 15) is 4.79 Å². The molecule has 0 saturated heterocycles. The normalized spacial score (nSPS) is 12.1. The number of quaternary nitrogens is 1. The van der Waals surface area contributed by atoms with Crippen LogP contribution in [-0.2, 0) is 4.79 Å².